The molecule has 0 aliphatic rings. The molecule has 0 bridgehead atoms. The fourth-order valence-electron chi connectivity index (χ4n) is 2.72. The lowest BCUT2D eigenvalue weighted by Crippen LogP contribution is -2.43. The van der Waals surface area contributed by atoms with Gasteiger partial charge in [-0.2, -0.15) is 12.6 Å². The van der Waals surface area contributed by atoms with Crippen molar-refractivity contribution >= 4 is 12.6 Å². The molecule has 0 heterocycles. The highest BCUT2D eigenvalue weighted by molar-refractivity contribution is 7.80. The lowest BCUT2D eigenvalue weighted by molar-refractivity contribution is 0.321. The third kappa shape index (κ3) is 4.78. The Hall–Kier alpha value is -0.540. The number of benzene rings is 1. The summed E-state index contributed by atoms with van der Waals surface area (Å²) in [4.78, 5) is 0. The topological polar surface area (TPSA) is 26.0 Å². The van der Waals surface area contributed by atoms with E-state index in [-0.39, 0.29) is 17.3 Å². The molecule has 3 heteroatoms. The number of hydrogen-bond donors (Lipinski definition) is 2. The van der Waals surface area contributed by atoms with Crippen molar-refractivity contribution in [2.24, 2.45) is 11.7 Å². The van der Waals surface area contributed by atoms with Crippen LogP contribution in [0.15, 0.2) is 24.3 Å². The van der Waals surface area contributed by atoms with Crippen LogP contribution >= 0.6 is 12.6 Å². The SMILES string of the molecule is CC(C)CCC[C@@](C)(c1cccc(F)c1)C(N)CCS. The van der Waals surface area contributed by atoms with Crippen LogP contribution in [0.2, 0.25) is 0 Å². The van der Waals surface area contributed by atoms with E-state index in [0.29, 0.717) is 5.92 Å². The molecule has 0 amide bonds. The second-order valence-electron chi connectivity index (χ2n) is 6.33. The van der Waals surface area contributed by atoms with E-state index in [1.807, 2.05) is 6.07 Å². The van der Waals surface area contributed by atoms with Gasteiger partial charge in [0.25, 0.3) is 0 Å². The van der Waals surface area contributed by atoms with E-state index >= 15 is 0 Å². The van der Waals surface area contributed by atoms with Gasteiger partial charge in [-0.05, 0) is 42.2 Å². The highest BCUT2D eigenvalue weighted by atomic mass is 32.1. The first-order chi connectivity index (χ1) is 9.40. The van der Waals surface area contributed by atoms with Crippen molar-refractivity contribution in [1.82, 2.24) is 0 Å². The van der Waals surface area contributed by atoms with Crippen LogP contribution in [0.3, 0.4) is 0 Å². The molecule has 1 unspecified atom stereocenters. The Bertz CT molecular complexity index is 408. The zero-order chi connectivity index (χ0) is 15.2. The second-order valence-corrected chi connectivity index (χ2v) is 6.78. The minimum atomic E-state index is -0.185. The van der Waals surface area contributed by atoms with Crippen molar-refractivity contribution in [2.45, 2.75) is 57.9 Å². The summed E-state index contributed by atoms with van der Waals surface area (Å²) in [5.41, 5.74) is 7.22. The van der Waals surface area contributed by atoms with Gasteiger partial charge < -0.3 is 5.73 Å². The number of thiol groups is 1. The van der Waals surface area contributed by atoms with Gasteiger partial charge in [0, 0.05) is 11.5 Å². The Morgan fingerprint density at radius 3 is 2.55 bits per heavy atom. The summed E-state index contributed by atoms with van der Waals surface area (Å²) in [6.45, 7) is 6.62. The molecule has 20 heavy (non-hydrogen) atoms. The highest BCUT2D eigenvalue weighted by Gasteiger charge is 2.33. The summed E-state index contributed by atoms with van der Waals surface area (Å²) in [6.07, 6.45) is 4.13. The third-order valence-corrected chi connectivity index (χ3v) is 4.48. The van der Waals surface area contributed by atoms with Gasteiger partial charge in [0.2, 0.25) is 0 Å². The Labute approximate surface area is 128 Å². The number of halogens is 1. The quantitative estimate of drug-likeness (QED) is 0.676. The average Bonchev–Trinajstić information content (AvgIpc) is 2.38. The van der Waals surface area contributed by atoms with Crippen molar-refractivity contribution < 1.29 is 4.39 Å². The Balaban J connectivity index is 2.94. The van der Waals surface area contributed by atoms with E-state index in [1.54, 1.807) is 12.1 Å². The highest BCUT2D eigenvalue weighted by Crippen LogP contribution is 2.34. The predicted octanol–water partition coefficient (Wildman–Crippen LogP) is 4.56. The van der Waals surface area contributed by atoms with Crippen LogP contribution in [0.1, 0.15) is 52.0 Å². The predicted molar refractivity (Wildman–Crippen MR) is 88.9 cm³/mol. The van der Waals surface area contributed by atoms with Gasteiger partial charge in [-0.3, -0.25) is 0 Å². The van der Waals surface area contributed by atoms with Crippen molar-refractivity contribution in [3.8, 4) is 0 Å². The standard InChI is InChI=1S/C17H28FNS/c1-13(2)6-5-10-17(3,16(19)9-11-20)14-7-4-8-15(18)12-14/h4,7-8,12-13,16,20H,5-6,9-11,19H2,1-3H3/t16?,17-/m0/s1. The maximum absolute atomic E-state index is 13.5. The molecule has 0 aliphatic carbocycles. The van der Waals surface area contributed by atoms with Crippen molar-refractivity contribution in [1.29, 1.82) is 0 Å². The lowest BCUT2D eigenvalue weighted by atomic mass is 9.71. The zero-order valence-corrected chi connectivity index (χ0v) is 13.8. The summed E-state index contributed by atoms with van der Waals surface area (Å²) >= 11 is 4.29. The van der Waals surface area contributed by atoms with E-state index in [4.69, 9.17) is 5.73 Å². The van der Waals surface area contributed by atoms with Crippen LogP contribution in [-0.2, 0) is 5.41 Å². The molecule has 1 nitrogen and oxygen atoms in total. The Morgan fingerprint density at radius 2 is 2.00 bits per heavy atom. The Kier molecular flexibility index (Phi) is 7.04. The van der Waals surface area contributed by atoms with Gasteiger partial charge in [0.15, 0.2) is 0 Å². The first-order valence-corrected chi connectivity index (χ1v) is 8.16. The van der Waals surface area contributed by atoms with Crippen LogP contribution in [0.5, 0.6) is 0 Å². The molecule has 0 spiro atoms. The summed E-state index contributed by atoms with van der Waals surface area (Å²) < 4.78 is 13.5. The molecular formula is C17H28FNS. The molecule has 1 aromatic rings. The first-order valence-electron chi connectivity index (χ1n) is 7.52. The minimum absolute atomic E-state index is 0.00830. The van der Waals surface area contributed by atoms with Crippen LogP contribution in [-0.4, -0.2) is 11.8 Å². The third-order valence-electron chi connectivity index (χ3n) is 4.22. The van der Waals surface area contributed by atoms with Gasteiger partial charge in [-0.25, -0.2) is 4.39 Å². The Morgan fingerprint density at radius 1 is 1.30 bits per heavy atom. The largest absolute Gasteiger partial charge is 0.327 e. The molecule has 0 saturated heterocycles. The van der Waals surface area contributed by atoms with Gasteiger partial charge in [0.05, 0.1) is 0 Å². The van der Waals surface area contributed by atoms with Crippen LogP contribution < -0.4 is 5.73 Å². The summed E-state index contributed by atoms with van der Waals surface area (Å²) in [7, 11) is 0. The maximum atomic E-state index is 13.5. The van der Waals surface area contributed by atoms with E-state index in [2.05, 4.69) is 33.4 Å². The van der Waals surface area contributed by atoms with Crippen molar-refractivity contribution in [2.75, 3.05) is 5.75 Å². The monoisotopic (exact) mass is 297 g/mol. The fraction of sp³-hybridized carbons (Fsp3) is 0.647. The van der Waals surface area contributed by atoms with E-state index in [0.717, 1.165) is 30.6 Å². The minimum Gasteiger partial charge on any atom is -0.327 e. The van der Waals surface area contributed by atoms with E-state index < -0.39 is 0 Å². The van der Waals surface area contributed by atoms with Crippen LogP contribution in [0.25, 0.3) is 0 Å². The normalized spacial score (nSPS) is 16.1. The lowest BCUT2D eigenvalue weighted by Gasteiger charge is -2.36. The van der Waals surface area contributed by atoms with Gasteiger partial charge in [-0.15, -0.1) is 0 Å². The van der Waals surface area contributed by atoms with Crippen molar-refractivity contribution in [3.05, 3.63) is 35.6 Å². The van der Waals surface area contributed by atoms with Crippen molar-refractivity contribution in [3.63, 3.8) is 0 Å². The smallest absolute Gasteiger partial charge is 0.123 e. The molecule has 0 fully saturated rings. The maximum Gasteiger partial charge on any atom is 0.123 e. The molecule has 0 saturated carbocycles. The van der Waals surface area contributed by atoms with Gasteiger partial charge >= 0.3 is 0 Å². The molecule has 2 N–H and O–H groups in total. The molecular weight excluding hydrogens is 269 g/mol. The molecule has 1 aromatic carbocycles. The summed E-state index contributed by atoms with van der Waals surface area (Å²) in [5, 5.41) is 0. The number of nitrogens with two attached hydrogens (primary N) is 1. The molecule has 1 rings (SSSR count). The molecule has 0 aromatic heterocycles. The van der Waals surface area contributed by atoms with E-state index in [9.17, 15) is 4.39 Å². The van der Waals surface area contributed by atoms with Crippen LogP contribution in [0, 0.1) is 11.7 Å². The molecule has 2 atom stereocenters. The average molecular weight is 297 g/mol. The molecule has 0 radical (unpaired) electrons. The van der Waals surface area contributed by atoms with Crippen LogP contribution in [0.4, 0.5) is 4.39 Å². The summed E-state index contributed by atoms with van der Waals surface area (Å²) in [5.74, 6) is 1.26. The summed E-state index contributed by atoms with van der Waals surface area (Å²) in [6, 6.07) is 6.90. The van der Waals surface area contributed by atoms with E-state index in [1.165, 1.54) is 12.5 Å². The zero-order valence-electron chi connectivity index (χ0n) is 12.9. The van der Waals surface area contributed by atoms with Gasteiger partial charge in [-0.1, -0.05) is 45.7 Å². The second kappa shape index (κ2) is 8.04. The number of hydrogen-bond acceptors (Lipinski definition) is 2. The number of rotatable bonds is 8. The fourth-order valence-corrected chi connectivity index (χ4v) is 3.00. The molecule has 114 valence electrons. The molecule has 0 aliphatic heterocycles. The first kappa shape index (κ1) is 17.5. The van der Waals surface area contributed by atoms with Gasteiger partial charge in [0.1, 0.15) is 5.82 Å².